The monoisotopic (exact) mass is 515 g/mol. The summed E-state index contributed by atoms with van der Waals surface area (Å²) in [7, 11) is 6.81. The van der Waals surface area contributed by atoms with Crippen molar-refractivity contribution in [2.45, 2.75) is 19.4 Å². The summed E-state index contributed by atoms with van der Waals surface area (Å²) in [4.78, 5) is 0. The van der Waals surface area contributed by atoms with E-state index >= 15 is 0 Å². The van der Waals surface area contributed by atoms with E-state index in [0.29, 0.717) is 47.1 Å². The minimum atomic E-state index is -2.95. The number of hydrogen-bond acceptors (Lipinski definition) is 7. The van der Waals surface area contributed by atoms with Gasteiger partial charge < -0.3 is 33.5 Å². The molecule has 0 radical (unpaired) electrons. The lowest BCUT2D eigenvalue weighted by Crippen LogP contribution is -2.40. The van der Waals surface area contributed by atoms with Crippen molar-refractivity contribution < 1.29 is 33.5 Å². The van der Waals surface area contributed by atoms with Crippen LogP contribution in [0.5, 0.6) is 34.5 Å². The topological polar surface area (TPSA) is 75.6 Å². The van der Waals surface area contributed by atoms with Crippen LogP contribution in [0.4, 0.5) is 0 Å². The highest BCUT2D eigenvalue weighted by molar-refractivity contribution is 7.96. The highest BCUT2D eigenvalue weighted by Gasteiger charge is 2.58. The minimum absolute atomic E-state index is 0.341. The van der Waals surface area contributed by atoms with Crippen molar-refractivity contribution >= 4 is 23.2 Å². The third kappa shape index (κ3) is 4.78. The summed E-state index contributed by atoms with van der Waals surface area (Å²) in [6, 6.07) is 17.0. The molecule has 0 aliphatic carbocycles. The average Bonchev–Trinajstić information content (AvgIpc) is 2.94. The molecule has 0 saturated carbocycles. The van der Waals surface area contributed by atoms with E-state index in [2.05, 4.69) is 0 Å². The van der Waals surface area contributed by atoms with Gasteiger partial charge in [-0.15, -0.1) is 0 Å². The molecule has 1 atom stereocenters. The van der Waals surface area contributed by atoms with Crippen molar-refractivity contribution in [1.29, 1.82) is 0 Å². The lowest BCUT2D eigenvalue weighted by Gasteiger charge is -2.34. The molecule has 1 unspecified atom stereocenters. The number of hydrogen-bond donors (Lipinski definition) is 1. The molecule has 0 bridgehead atoms. The van der Waals surface area contributed by atoms with Crippen LogP contribution in [0.1, 0.15) is 13.3 Å². The van der Waals surface area contributed by atoms with Crippen molar-refractivity contribution in [2.24, 2.45) is 0 Å². The number of aliphatic hydroxyl groups excluding tert-OH is 1. The molecule has 0 amide bonds. The highest BCUT2D eigenvalue weighted by Crippen LogP contribution is 2.65. The maximum absolute atomic E-state index is 11.3. The van der Waals surface area contributed by atoms with Gasteiger partial charge in [-0.2, -0.15) is 0 Å². The Kier molecular flexibility index (Phi) is 9.30. The predicted molar refractivity (Wildman–Crippen MR) is 146 cm³/mol. The molecule has 3 aromatic carbocycles. The molecule has 0 saturated heterocycles. The Morgan fingerprint density at radius 1 is 0.556 bits per heavy atom. The molecule has 0 heterocycles. The first-order chi connectivity index (χ1) is 17.5. The molecular formula is C28H36O7P+. The van der Waals surface area contributed by atoms with Crippen molar-refractivity contribution in [3.05, 3.63) is 54.6 Å². The molecule has 0 fully saturated rings. The van der Waals surface area contributed by atoms with E-state index in [9.17, 15) is 5.11 Å². The molecule has 3 rings (SSSR count). The fourth-order valence-electron chi connectivity index (χ4n) is 4.68. The number of rotatable bonds is 12. The van der Waals surface area contributed by atoms with Crippen LogP contribution in [0.15, 0.2) is 54.6 Å². The van der Waals surface area contributed by atoms with Crippen molar-refractivity contribution in [1.82, 2.24) is 0 Å². The Labute approximate surface area is 214 Å². The van der Waals surface area contributed by atoms with Gasteiger partial charge in [0.2, 0.25) is 0 Å². The Morgan fingerprint density at radius 2 is 0.806 bits per heavy atom. The van der Waals surface area contributed by atoms with Crippen LogP contribution >= 0.6 is 7.26 Å². The molecule has 0 aliphatic rings. The van der Waals surface area contributed by atoms with Gasteiger partial charge in [-0.05, 0) is 42.8 Å². The van der Waals surface area contributed by atoms with Gasteiger partial charge in [0.1, 0.15) is 13.4 Å². The normalized spacial score (nSPS) is 12.0. The lowest BCUT2D eigenvalue weighted by atomic mass is 10.3. The maximum Gasteiger partial charge on any atom is 0.188 e. The summed E-state index contributed by atoms with van der Waals surface area (Å²) in [5.41, 5.74) is 0. The van der Waals surface area contributed by atoms with Crippen molar-refractivity contribution in [2.75, 3.05) is 48.8 Å². The summed E-state index contributed by atoms with van der Waals surface area (Å²) < 4.78 is 35.7. The second-order valence-corrected chi connectivity index (χ2v) is 11.4. The Balaban J connectivity index is 2.74. The molecule has 3 aromatic rings. The Morgan fingerprint density at radius 3 is 1.00 bits per heavy atom. The molecule has 0 spiro atoms. The third-order valence-corrected chi connectivity index (χ3v) is 10.9. The first-order valence-corrected chi connectivity index (χ1v) is 13.6. The standard InChI is InChI=1S/C28H36O7P/c1-8-19(29)18-36(26-20(30-2)12-9-13-21(26)31-3,27-22(32-4)14-10-15-23(27)33-5)28-24(34-6)16-11-17-25(28)35-7/h9-17,19,29H,8,18H2,1-7H3/q+1. The highest BCUT2D eigenvalue weighted by atomic mass is 31.2. The van der Waals surface area contributed by atoms with E-state index in [0.717, 1.165) is 15.9 Å². The molecule has 1 N–H and O–H groups in total. The summed E-state index contributed by atoms with van der Waals surface area (Å²) in [6.07, 6.45) is 0.208. The number of methoxy groups -OCH3 is 6. The van der Waals surface area contributed by atoms with Gasteiger partial charge in [-0.3, -0.25) is 0 Å². The fraction of sp³-hybridized carbons (Fsp3) is 0.357. The van der Waals surface area contributed by atoms with Gasteiger partial charge in [0.05, 0.1) is 48.8 Å². The van der Waals surface area contributed by atoms with Gasteiger partial charge in [0, 0.05) is 0 Å². The van der Waals surface area contributed by atoms with Crippen molar-refractivity contribution in [3.63, 3.8) is 0 Å². The molecule has 8 heteroatoms. The summed E-state index contributed by atoms with van der Waals surface area (Å²) in [6.45, 7) is 1.96. The van der Waals surface area contributed by atoms with Crippen LogP contribution in [-0.2, 0) is 0 Å². The van der Waals surface area contributed by atoms with Crippen LogP contribution in [0.2, 0.25) is 0 Å². The van der Waals surface area contributed by atoms with Gasteiger partial charge in [0.25, 0.3) is 0 Å². The number of ether oxygens (including phenoxy) is 6. The zero-order valence-electron chi connectivity index (χ0n) is 22.0. The SMILES string of the molecule is CCC(O)C[P+](c1c(OC)cccc1OC)(c1c(OC)cccc1OC)c1c(OC)cccc1OC. The summed E-state index contributed by atoms with van der Waals surface area (Å²) in [5, 5.41) is 13.7. The van der Waals surface area contributed by atoms with Crippen LogP contribution in [0.25, 0.3) is 0 Å². The molecule has 7 nitrogen and oxygen atoms in total. The van der Waals surface area contributed by atoms with Crippen molar-refractivity contribution in [3.8, 4) is 34.5 Å². The second-order valence-electron chi connectivity index (χ2n) is 8.09. The Hall–Kier alpha value is -3.15. The van der Waals surface area contributed by atoms with E-state index in [4.69, 9.17) is 28.4 Å². The van der Waals surface area contributed by atoms with E-state index < -0.39 is 13.4 Å². The van der Waals surface area contributed by atoms with Crippen LogP contribution in [-0.4, -0.2) is 60.0 Å². The molecule has 36 heavy (non-hydrogen) atoms. The van der Waals surface area contributed by atoms with E-state index in [1.54, 1.807) is 42.7 Å². The molecule has 194 valence electrons. The van der Waals surface area contributed by atoms with Crippen LogP contribution in [0.3, 0.4) is 0 Å². The maximum atomic E-state index is 11.3. The zero-order chi connectivity index (χ0) is 26.3. The molecule has 0 aromatic heterocycles. The second kappa shape index (κ2) is 12.2. The van der Waals surface area contributed by atoms with E-state index in [1.165, 1.54) is 0 Å². The number of aliphatic hydroxyl groups is 1. The average molecular weight is 516 g/mol. The van der Waals surface area contributed by atoms with Gasteiger partial charge >= 0.3 is 0 Å². The first kappa shape index (κ1) is 27.4. The van der Waals surface area contributed by atoms with Crippen LogP contribution < -0.4 is 44.3 Å². The van der Waals surface area contributed by atoms with E-state index in [-0.39, 0.29) is 0 Å². The van der Waals surface area contributed by atoms with E-state index in [1.807, 2.05) is 61.5 Å². The lowest BCUT2D eigenvalue weighted by molar-refractivity contribution is 0.194. The fourth-order valence-corrected chi connectivity index (χ4v) is 10.0. The van der Waals surface area contributed by atoms with Gasteiger partial charge in [-0.25, -0.2) is 0 Å². The first-order valence-electron chi connectivity index (χ1n) is 11.7. The van der Waals surface area contributed by atoms with Gasteiger partial charge in [-0.1, -0.05) is 25.1 Å². The third-order valence-electron chi connectivity index (χ3n) is 6.31. The largest absolute Gasteiger partial charge is 0.492 e. The summed E-state index contributed by atoms with van der Waals surface area (Å²) in [5.74, 6) is 3.71. The smallest absolute Gasteiger partial charge is 0.188 e. The minimum Gasteiger partial charge on any atom is -0.492 e. The quantitative estimate of drug-likeness (QED) is 0.368. The summed E-state index contributed by atoms with van der Waals surface area (Å²) >= 11 is 0. The predicted octanol–water partition coefficient (Wildman–Crippen LogP) is 3.80. The Bertz CT molecular complexity index is 963. The van der Waals surface area contributed by atoms with Gasteiger partial charge in [0.15, 0.2) is 50.4 Å². The zero-order valence-corrected chi connectivity index (χ0v) is 22.9. The number of benzene rings is 3. The van der Waals surface area contributed by atoms with Crippen LogP contribution in [0, 0.1) is 0 Å². The molecule has 0 aliphatic heterocycles. The molecular weight excluding hydrogens is 479 g/mol.